The van der Waals surface area contributed by atoms with Crippen LogP contribution < -0.4 is 0 Å². The molecule has 1 amide bonds. The van der Waals surface area contributed by atoms with Crippen molar-refractivity contribution in [1.82, 2.24) is 9.32 Å². The molecule has 0 atom stereocenters. The Morgan fingerprint density at radius 1 is 1.38 bits per heavy atom. The fraction of sp³-hybridized carbons (Fsp3) is 0.667. The Hall–Kier alpha value is -1.07. The molecular formula is C12H13ClF3N3OS. The van der Waals surface area contributed by atoms with E-state index in [0.717, 1.165) is 23.1 Å². The average molecular weight is 340 g/mol. The van der Waals surface area contributed by atoms with Crippen LogP contribution in [0, 0.1) is 11.3 Å². The first-order valence-corrected chi connectivity index (χ1v) is 7.71. The van der Waals surface area contributed by atoms with Crippen LogP contribution in [0.15, 0.2) is 10.7 Å². The molecule has 0 N–H and O–H groups in total. The van der Waals surface area contributed by atoms with Crippen molar-refractivity contribution in [3.63, 3.8) is 0 Å². The summed E-state index contributed by atoms with van der Waals surface area (Å²) >= 11 is 6.42. The Morgan fingerprint density at radius 2 is 2.00 bits per heavy atom. The van der Waals surface area contributed by atoms with Gasteiger partial charge >= 0.3 is 6.18 Å². The van der Waals surface area contributed by atoms with Crippen LogP contribution >= 0.6 is 23.5 Å². The summed E-state index contributed by atoms with van der Waals surface area (Å²) in [7, 11) is 0. The molecule has 0 unspecified atom stereocenters. The lowest BCUT2D eigenvalue weighted by molar-refractivity contribution is -0.121. The maximum atomic E-state index is 13.1. The van der Waals surface area contributed by atoms with Crippen LogP contribution in [-0.2, 0) is 4.79 Å². The molecule has 1 aliphatic heterocycles. The second-order valence-electron chi connectivity index (χ2n) is 4.97. The molecule has 0 radical (unpaired) electrons. The molecule has 1 fully saturated rings. The third-order valence-corrected chi connectivity index (χ3v) is 5.18. The molecule has 0 bridgehead atoms. The van der Waals surface area contributed by atoms with E-state index in [-0.39, 0.29) is 10.9 Å². The number of nitrogens with zero attached hydrogens (tertiary/aromatic N) is 3. The fourth-order valence-corrected chi connectivity index (χ4v) is 4.14. The van der Waals surface area contributed by atoms with E-state index >= 15 is 0 Å². The molecule has 0 aromatic heterocycles. The van der Waals surface area contributed by atoms with Gasteiger partial charge in [-0.3, -0.25) is 14.1 Å². The lowest BCUT2D eigenvalue weighted by atomic mass is 9.82. The monoisotopic (exact) mass is 339 g/mol. The van der Waals surface area contributed by atoms with E-state index in [1.54, 1.807) is 0 Å². The number of allylic oxidation sites excluding steroid dienone is 1. The summed E-state index contributed by atoms with van der Waals surface area (Å²) < 4.78 is 39.9. The number of alkyl halides is 3. The summed E-state index contributed by atoms with van der Waals surface area (Å²) in [5, 5.41) is 9.17. The van der Waals surface area contributed by atoms with Gasteiger partial charge in [0.05, 0.1) is 11.9 Å². The van der Waals surface area contributed by atoms with Crippen molar-refractivity contribution in [3.05, 3.63) is 10.7 Å². The van der Waals surface area contributed by atoms with Crippen LogP contribution in [0.2, 0.25) is 0 Å². The molecule has 21 heavy (non-hydrogen) atoms. The zero-order valence-electron chi connectivity index (χ0n) is 11.0. The van der Waals surface area contributed by atoms with Gasteiger partial charge in [0.15, 0.2) is 5.70 Å². The van der Waals surface area contributed by atoms with E-state index < -0.39 is 17.4 Å². The highest BCUT2D eigenvalue weighted by Gasteiger charge is 2.49. The third kappa shape index (κ3) is 2.94. The number of carbonyl (C=O) groups is 1. The number of nitriles is 1. The predicted molar refractivity (Wildman–Crippen MR) is 72.6 cm³/mol. The van der Waals surface area contributed by atoms with Gasteiger partial charge in [-0.1, -0.05) is 31.0 Å². The minimum Gasteiger partial charge on any atom is -0.288 e. The van der Waals surface area contributed by atoms with E-state index in [1.165, 1.54) is 0 Å². The van der Waals surface area contributed by atoms with Crippen molar-refractivity contribution in [1.29, 1.82) is 5.26 Å². The predicted octanol–water partition coefficient (Wildman–Crippen LogP) is 3.56. The standard InChI is InChI=1S/C12H13ClF3N3OS/c13-19-8-21-10(9(19)12(14,15)16)18(7-20)11(6-17)4-2-1-3-5-11/h7H,1-5,8H2. The van der Waals surface area contributed by atoms with Crippen LogP contribution in [0.3, 0.4) is 0 Å². The highest BCUT2D eigenvalue weighted by Crippen LogP contribution is 2.47. The molecule has 2 aliphatic rings. The molecule has 0 saturated heterocycles. The van der Waals surface area contributed by atoms with Gasteiger partial charge in [0.25, 0.3) is 0 Å². The lowest BCUT2D eigenvalue weighted by Gasteiger charge is -2.39. The third-order valence-electron chi connectivity index (χ3n) is 3.70. The number of hydrogen-bond donors (Lipinski definition) is 0. The molecule has 0 aromatic rings. The van der Waals surface area contributed by atoms with Crippen molar-refractivity contribution >= 4 is 29.9 Å². The van der Waals surface area contributed by atoms with E-state index in [2.05, 4.69) is 6.07 Å². The highest BCUT2D eigenvalue weighted by molar-refractivity contribution is 8.03. The van der Waals surface area contributed by atoms with Gasteiger partial charge in [0.1, 0.15) is 10.6 Å². The molecule has 9 heteroatoms. The van der Waals surface area contributed by atoms with Gasteiger partial charge < -0.3 is 0 Å². The highest BCUT2D eigenvalue weighted by atomic mass is 35.5. The Morgan fingerprint density at radius 3 is 2.48 bits per heavy atom. The Kier molecular flexibility index (Phi) is 4.63. The normalized spacial score (nSPS) is 22.1. The van der Waals surface area contributed by atoms with Gasteiger partial charge in [-0.2, -0.15) is 18.4 Å². The number of amides is 1. The molecule has 4 nitrogen and oxygen atoms in total. The SMILES string of the molecule is N#CC1(N(C=O)C2=C(C(F)(F)F)N(Cl)CS2)CCCCC1. The molecule has 116 valence electrons. The van der Waals surface area contributed by atoms with Gasteiger partial charge in [-0.05, 0) is 12.8 Å². The number of thioether (sulfide) groups is 1. The smallest absolute Gasteiger partial charge is 0.288 e. The number of halogens is 4. The molecule has 0 spiro atoms. The first kappa shape index (κ1) is 16.3. The Balaban J connectivity index is 2.47. The molecule has 1 aliphatic carbocycles. The van der Waals surface area contributed by atoms with Crippen molar-refractivity contribution in [3.8, 4) is 6.07 Å². The van der Waals surface area contributed by atoms with Crippen LogP contribution in [-0.4, -0.2) is 33.3 Å². The summed E-state index contributed by atoms with van der Waals surface area (Å²) in [6, 6.07) is 2.05. The quantitative estimate of drug-likeness (QED) is 0.582. The zero-order valence-corrected chi connectivity index (χ0v) is 12.6. The van der Waals surface area contributed by atoms with Crippen LogP contribution in [0.1, 0.15) is 32.1 Å². The van der Waals surface area contributed by atoms with Gasteiger partial charge in [0.2, 0.25) is 6.41 Å². The van der Waals surface area contributed by atoms with Gasteiger partial charge in [-0.15, -0.1) is 0 Å². The average Bonchev–Trinajstić information content (AvgIpc) is 2.82. The molecule has 2 rings (SSSR count). The van der Waals surface area contributed by atoms with Crippen molar-refractivity contribution in [2.24, 2.45) is 0 Å². The van der Waals surface area contributed by atoms with E-state index in [4.69, 9.17) is 11.8 Å². The summed E-state index contributed by atoms with van der Waals surface area (Å²) in [5.74, 6) is -0.114. The molecule has 1 saturated carbocycles. The van der Waals surface area contributed by atoms with E-state index in [0.29, 0.717) is 36.5 Å². The van der Waals surface area contributed by atoms with Crippen molar-refractivity contribution in [2.75, 3.05) is 5.88 Å². The zero-order chi connectivity index (χ0) is 15.7. The lowest BCUT2D eigenvalue weighted by Crippen LogP contribution is -2.47. The minimum atomic E-state index is -4.67. The minimum absolute atomic E-state index is 0.114. The van der Waals surface area contributed by atoms with Gasteiger partial charge in [-0.25, -0.2) is 0 Å². The largest absolute Gasteiger partial charge is 0.434 e. The number of carbonyl (C=O) groups excluding carboxylic acids is 1. The molecular weight excluding hydrogens is 327 g/mol. The summed E-state index contributed by atoms with van der Waals surface area (Å²) in [4.78, 5) is 12.4. The summed E-state index contributed by atoms with van der Waals surface area (Å²) in [5.41, 5.74) is -2.28. The van der Waals surface area contributed by atoms with Crippen molar-refractivity contribution < 1.29 is 18.0 Å². The van der Waals surface area contributed by atoms with Gasteiger partial charge in [0, 0.05) is 11.8 Å². The molecule has 0 aromatic carbocycles. The maximum absolute atomic E-state index is 13.1. The fourth-order valence-electron chi connectivity index (χ4n) is 2.68. The number of hydrogen-bond acceptors (Lipinski definition) is 4. The van der Waals surface area contributed by atoms with Crippen LogP contribution in [0.25, 0.3) is 0 Å². The first-order valence-electron chi connectivity index (χ1n) is 6.39. The maximum Gasteiger partial charge on any atom is 0.434 e. The topological polar surface area (TPSA) is 47.3 Å². The second-order valence-corrected chi connectivity index (χ2v) is 6.31. The Labute approximate surface area is 129 Å². The Bertz CT molecular complexity index is 497. The summed E-state index contributed by atoms with van der Waals surface area (Å²) in [6.45, 7) is 0. The van der Waals surface area contributed by atoms with E-state index in [1.807, 2.05) is 0 Å². The molecule has 1 heterocycles. The first-order chi connectivity index (χ1) is 9.85. The second kappa shape index (κ2) is 5.97. The van der Waals surface area contributed by atoms with Crippen LogP contribution in [0.4, 0.5) is 13.2 Å². The van der Waals surface area contributed by atoms with E-state index in [9.17, 15) is 23.2 Å². The van der Waals surface area contributed by atoms with Crippen LogP contribution in [0.5, 0.6) is 0 Å². The van der Waals surface area contributed by atoms with Crippen molar-refractivity contribution in [2.45, 2.75) is 43.8 Å². The summed E-state index contributed by atoms with van der Waals surface area (Å²) in [6.07, 6.45) is -1.27. The number of rotatable bonds is 3.